The van der Waals surface area contributed by atoms with Crippen LogP contribution in [0.25, 0.3) is 16.9 Å². The van der Waals surface area contributed by atoms with Crippen molar-refractivity contribution in [1.29, 1.82) is 0 Å². The molecular formula is C31H28N6O3S. The number of rotatable bonds is 10. The number of thioether (sulfide) groups is 1. The van der Waals surface area contributed by atoms with Crippen LogP contribution in [0.1, 0.15) is 12.0 Å². The van der Waals surface area contributed by atoms with Gasteiger partial charge in [0.05, 0.1) is 19.0 Å². The molecule has 10 heteroatoms. The van der Waals surface area contributed by atoms with Crippen LogP contribution >= 0.6 is 11.8 Å². The third kappa shape index (κ3) is 6.62. The summed E-state index contributed by atoms with van der Waals surface area (Å²) in [7, 11) is 1.58. The zero-order chi connectivity index (χ0) is 28.6. The molecule has 9 nitrogen and oxygen atoms in total. The first-order chi connectivity index (χ1) is 20.1. The summed E-state index contributed by atoms with van der Waals surface area (Å²) in [6.45, 7) is 4.02. The number of hydrogen-bond acceptors (Lipinski definition) is 7. The highest BCUT2D eigenvalue weighted by atomic mass is 32.2. The van der Waals surface area contributed by atoms with Crippen LogP contribution in [0.5, 0.6) is 5.75 Å². The molecule has 1 N–H and O–H groups in total. The van der Waals surface area contributed by atoms with E-state index in [1.807, 2.05) is 66.9 Å². The van der Waals surface area contributed by atoms with Gasteiger partial charge in [0, 0.05) is 36.0 Å². The second kappa shape index (κ2) is 12.9. The van der Waals surface area contributed by atoms with Crippen molar-refractivity contribution < 1.29 is 14.3 Å². The number of aromatic nitrogens is 2. The number of nitrogens with zero attached hydrogens (tertiary/aromatic N) is 5. The lowest BCUT2D eigenvalue weighted by atomic mass is 10.1. The lowest BCUT2D eigenvalue weighted by molar-refractivity contribution is -0.127. The first-order valence-corrected chi connectivity index (χ1v) is 13.8. The van der Waals surface area contributed by atoms with Crippen LogP contribution in [0, 0.1) is 0 Å². The van der Waals surface area contributed by atoms with E-state index in [4.69, 9.17) is 9.84 Å². The number of benzene rings is 3. The number of ether oxygens (including phenoxy) is 1. The average Bonchev–Trinajstić information content (AvgIpc) is 3.56. The van der Waals surface area contributed by atoms with E-state index in [0.29, 0.717) is 16.6 Å². The third-order valence-corrected chi connectivity index (χ3v) is 7.39. The average molecular weight is 565 g/mol. The first kappa shape index (κ1) is 27.6. The maximum absolute atomic E-state index is 13.1. The summed E-state index contributed by atoms with van der Waals surface area (Å²) in [5.74, 6) is 0.204. The quantitative estimate of drug-likeness (QED) is 0.158. The van der Waals surface area contributed by atoms with E-state index in [2.05, 4.69) is 22.1 Å². The highest BCUT2D eigenvalue weighted by Gasteiger charge is 2.38. The number of para-hydroxylation sites is 1. The van der Waals surface area contributed by atoms with Gasteiger partial charge in [0.1, 0.15) is 16.7 Å². The minimum atomic E-state index is -0.622. The monoisotopic (exact) mass is 564 g/mol. The van der Waals surface area contributed by atoms with Crippen molar-refractivity contribution >= 4 is 40.6 Å². The topological polar surface area (TPSA) is 101 Å². The molecule has 206 valence electrons. The predicted molar refractivity (Wildman–Crippen MR) is 164 cm³/mol. The molecule has 1 unspecified atom stereocenters. The van der Waals surface area contributed by atoms with Crippen molar-refractivity contribution in [1.82, 2.24) is 14.7 Å². The zero-order valence-corrected chi connectivity index (χ0v) is 23.2. The maximum Gasteiger partial charge on any atom is 0.243 e. The van der Waals surface area contributed by atoms with Crippen molar-refractivity contribution in [2.24, 2.45) is 10.2 Å². The van der Waals surface area contributed by atoms with E-state index in [9.17, 15) is 9.59 Å². The minimum absolute atomic E-state index is 0.00604. The second-order valence-corrected chi connectivity index (χ2v) is 10.2. The molecular weight excluding hydrogens is 536 g/mol. The molecule has 0 bridgehead atoms. The number of hydrogen-bond donors (Lipinski definition) is 1. The molecule has 1 aromatic heterocycles. The molecule has 1 saturated heterocycles. The van der Waals surface area contributed by atoms with Gasteiger partial charge in [-0.1, -0.05) is 66.4 Å². The van der Waals surface area contributed by atoms with Crippen LogP contribution in [0.4, 0.5) is 5.69 Å². The van der Waals surface area contributed by atoms with Gasteiger partial charge in [0.15, 0.2) is 5.17 Å². The van der Waals surface area contributed by atoms with Gasteiger partial charge in [0.2, 0.25) is 11.8 Å². The Morgan fingerprint density at radius 3 is 2.46 bits per heavy atom. The lowest BCUT2D eigenvalue weighted by Crippen LogP contribution is -2.33. The van der Waals surface area contributed by atoms with Crippen LogP contribution in [-0.4, -0.2) is 56.8 Å². The molecule has 1 aliphatic rings. The summed E-state index contributed by atoms with van der Waals surface area (Å²) in [6.07, 6.45) is 5.13. The number of carbonyl (C=O) groups is 2. The van der Waals surface area contributed by atoms with E-state index < -0.39 is 5.25 Å². The Morgan fingerprint density at radius 1 is 1.07 bits per heavy atom. The number of carbonyl (C=O) groups excluding carboxylic acids is 2. The first-order valence-electron chi connectivity index (χ1n) is 12.9. The van der Waals surface area contributed by atoms with Crippen LogP contribution in [0.2, 0.25) is 0 Å². The van der Waals surface area contributed by atoms with Gasteiger partial charge in [-0.3, -0.25) is 14.5 Å². The molecule has 2 heterocycles. The fourth-order valence-electron chi connectivity index (χ4n) is 4.22. The second-order valence-electron chi connectivity index (χ2n) is 9.03. The van der Waals surface area contributed by atoms with Crippen molar-refractivity contribution in [2.45, 2.75) is 11.7 Å². The molecule has 1 aliphatic heterocycles. The number of amides is 2. The van der Waals surface area contributed by atoms with Gasteiger partial charge in [-0.15, -0.1) is 11.7 Å². The van der Waals surface area contributed by atoms with Crippen LogP contribution in [0.3, 0.4) is 0 Å². The number of anilines is 1. The molecule has 5 rings (SSSR count). The smallest absolute Gasteiger partial charge is 0.243 e. The lowest BCUT2D eigenvalue weighted by Gasteiger charge is -2.13. The Balaban J connectivity index is 1.34. The standard InChI is InChI=1S/C31H28N6O3S/c1-3-18-36-30(39)27(19-28(38)33-24-14-16-26(40-2)17-15-24)41-31(36)34-32-20-23-21-37(25-12-8-5-9-13-25)35-29(23)22-10-6-4-7-11-22/h3-17,20-21,27H,1,18-19H2,2H3,(H,33,38)/b32-20+,34-31-. The molecule has 3 aromatic carbocycles. The third-order valence-electron chi connectivity index (χ3n) is 6.23. The molecule has 41 heavy (non-hydrogen) atoms. The van der Waals surface area contributed by atoms with Crippen LogP contribution < -0.4 is 10.1 Å². The van der Waals surface area contributed by atoms with Gasteiger partial charge in [-0.2, -0.15) is 10.2 Å². The van der Waals surface area contributed by atoms with Crippen molar-refractivity contribution in [2.75, 3.05) is 19.0 Å². The predicted octanol–water partition coefficient (Wildman–Crippen LogP) is 5.40. The molecule has 1 atom stereocenters. The van der Waals surface area contributed by atoms with E-state index in [1.165, 1.54) is 16.7 Å². The molecule has 0 spiro atoms. The van der Waals surface area contributed by atoms with Gasteiger partial charge in [-0.05, 0) is 36.4 Å². The normalized spacial score (nSPS) is 15.9. The molecule has 1 fully saturated rings. The minimum Gasteiger partial charge on any atom is -0.497 e. The van der Waals surface area contributed by atoms with Crippen LogP contribution in [0.15, 0.2) is 114 Å². The van der Waals surface area contributed by atoms with Gasteiger partial charge >= 0.3 is 0 Å². The fourth-order valence-corrected chi connectivity index (χ4v) is 5.33. The van der Waals surface area contributed by atoms with E-state index in [0.717, 1.165) is 22.5 Å². The Hall–Kier alpha value is -4.96. The summed E-state index contributed by atoms with van der Waals surface area (Å²) in [4.78, 5) is 27.3. The Morgan fingerprint density at radius 2 is 1.78 bits per heavy atom. The zero-order valence-electron chi connectivity index (χ0n) is 22.4. The van der Waals surface area contributed by atoms with E-state index in [-0.39, 0.29) is 24.8 Å². The highest BCUT2D eigenvalue weighted by molar-refractivity contribution is 8.15. The molecule has 0 radical (unpaired) electrons. The Bertz CT molecular complexity index is 1580. The number of nitrogens with one attached hydrogen (secondary N) is 1. The van der Waals surface area contributed by atoms with Gasteiger partial charge < -0.3 is 10.1 Å². The van der Waals surface area contributed by atoms with E-state index >= 15 is 0 Å². The molecule has 0 saturated carbocycles. The van der Waals surface area contributed by atoms with E-state index in [1.54, 1.807) is 48.3 Å². The molecule has 0 aliphatic carbocycles. The Kier molecular flexibility index (Phi) is 8.70. The summed E-state index contributed by atoms with van der Waals surface area (Å²) < 4.78 is 6.95. The summed E-state index contributed by atoms with van der Waals surface area (Å²) in [5.41, 5.74) is 4.00. The summed E-state index contributed by atoms with van der Waals surface area (Å²) >= 11 is 1.21. The highest BCUT2D eigenvalue weighted by Crippen LogP contribution is 2.30. The van der Waals surface area contributed by atoms with Crippen LogP contribution in [-0.2, 0) is 9.59 Å². The fraction of sp³-hybridized carbons (Fsp3) is 0.129. The number of methoxy groups -OCH3 is 1. The largest absolute Gasteiger partial charge is 0.497 e. The number of amidine groups is 1. The maximum atomic E-state index is 13.1. The SMILES string of the molecule is C=CCN1C(=O)C(CC(=O)Nc2ccc(OC)cc2)S/C1=N\N=C\c1cn(-c2ccccc2)nc1-c1ccccc1. The summed E-state index contributed by atoms with van der Waals surface area (Å²) in [5, 5.41) is 16.1. The van der Waals surface area contributed by atoms with Crippen molar-refractivity contribution in [3.63, 3.8) is 0 Å². The molecule has 2 amide bonds. The Labute approximate surface area is 242 Å². The summed E-state index contributed by atoms with van der Waals surface area (Å²) in [6, 6.07) is 26.6. The van der Waals surface area contributed by atoms with Crippen molar-refractivity contribution in [3.05, 3.63) is 109 Å². The van der Waals surface area contributed by atoms with Gasteiger partial charge in [-0.25, -0.2) is 4.68 Å². The van der Waals surface area contributed by atoms with Gasteiger partial charge in [0.25, 0.3) is 0 Å². The molecule has 4 aromatic rings. The van der Waals surface area contributed by atoms with Crippen molar-refractivity contribution in [3.8, 4) is 22.7 Å².